The summed E-state index contributed by atoms with van der Waals surface area (Å²) in [6.45, 7) is 0. The summed E-state index contributed by atoms with van der Waals surface area (Å²) in [5.41, 5.74) is -0.0734. The normalized spacial score (nSPS) is 10.5. The summed E-state index contributed by atoms with van der Waals surface area (Å²) in [4.78, 5) is 10.9. The van der Waals surface area contributed by atoms with Gasteiger partial charge in [0.1, 0.15) is 5.82 Å². The van der Waals surface area contributed by atoms with Crippen molar-refractivity contribution < 1.29 is 19.4 Å². The first-order chi connectivity index (χ1) is 6.02. The van der Waals surface area contributed by atoms with Crippen LogP contribution in [0.1, 0.15) is 10.4 Å². The van der Waals surface area contributed by atoms with Crippen LogP contribution in [0.4, 0.5) is 4.39 Å². The zero-order valence-corrected chi connectivity index (χ0v) is 7.95. The number of rotatable bonds is 2. The Morgan fingerprint density at radius 1 is 1.46 bits per heavy atom. The second-order valence-electron chi connectivity index (χ2n) is 2.37. The predicted octanol–water partition coefficient (Wildman–Crippen LogP) is 1.08. The van der Waals surface area contributed by atoms with Crippen LogP contribution in [0, 0.1) is 5.82 Å². The fourth-order valence-electron chi connectivity index (χ4n) is 0.798. The van der Waals surface area contributed by atoms with Gasteiger partial charge in [0.25, 0.3) is 0 Å². The molecule has 0 bridgehead atoms. The molecule has 1 aromatic rings. The van der Waals surface area contributed by atoms with E-state index in [-0.39, 0.29) is 10.0 Å². The van der Waals surface area contributed by atoms with E-state index in [1.807, 2.05) is 0 Å². The summed E-state index contributed by atoms with van der Waals surface area (Å²) < 4.78 is 13.1. The Kier molecular flexibility index (Phi) is 3.13. The van der Waals surface area contributed by atoms with Crippen LogP contribution in [0.5, 0.6) is 0 Å². The third-order valence-electron chi connectivity index (χ3n) is 1.44. The number of ketones is 1. The minimum absolute atomic E-state index is 0.0734. The van der Waals surface area contributed by atoms with Crippen molar-refractivity contribution in [2.75, 3.05) is 0 Å². The number of hydrogen-bond acceptors (Lipinski definition) is 3. The number of Topliss-reactive ketones (excluding diaryl/α,β-unsaturated/α-hetero) is 1. The molecule has 0 aliphatic heterocycles. The first kappa shape index (κ1) is 10.3. The van der Waals surface area contributed by atoms with Gasteiger partial charge in [-0.3, -0.25) is 4.79 Å². The van der Waals surface area contributed by atoms with E-state index in [0.717, 1.165) is 6.07 Å². The summed E-state index contributed by atoms with van der Waals surface area (Å²) in [7, 11) is 0. The number of benzene rings is 1. The minimum Gasteiger partial charge on any atom is -0.362 e. The van der Waals surface area contributed by atoms with E-state index >= 15 is 0 Å². The third-order valence-corrected chi connectivity index (χ3v) is 2.08. The molecule has 0 spiro atoms. The van der Waals surface area contributed by atoms with Gasteiger partial charge in [-0.1, -0.05) is 0 Å². The third kappa shape index (κ3) is 2.33. The average molecular weight is 249 g/mol. The summed E-state index contributed by atoms with van der Waals surface area (Å²) in [5.74, 6) is -1.54. The molecule has 0 unspecified atom stereocenters. The van der Waals surface area contributed by atoms with E-state index < -0.39 is 17.9 Å². The molecule has 0 aliphatic carbocycles. The van der Waals surface area contributed by atoms with Crippen molar-refractivity contribution in [1.82, 2.24) is 0 Å². The molecule has 0 aromatic heterocycles. The molecule has 5 heteroatoms. The lowest BCUT2D eigenvalue weighted by atomic mass is 10.1. The number of hydrogen-bond donors (Lipinski definition) is 2. The van der Waals surface area contributed by atoms with Crippen LogP contribution >= 0.6 is 15.9 Å². The molecule has 0 saturated heterocycles. The van der Waals surface area contributed by atoms with Crippen LogP contribution in [0.15, 0.2) is 22.7 Å². The van der Waals surface area contributed by atoms with Crippen molar-refractivity contribution in [1.29, 1.82) is 0 Å². The molecule has 1 aromatic carbocycles. The largest absolute Gasteiger partial charge is 0.362 e. The fourth-order valence-corrected chi connectivity index (χ4v) is 1.05. The highest BCUT2D eigenvalue weighted by atomic mass is 79.9. The van der Waals surface area contributed by atoms with Crippen LogP contribution in [-0.2, 0) is 0 Å². The van der Waals surface area contributed by atoms with Gasteiger partial charge in [-0.05, 0) is 34.1 Å². The lowest BCUT2D eigenvalue weighted by Gasteiger charge is -2.02. The first-order valence-corrected chi connectivity index (χ1v) is 4.17. The van der Waals surface area contributed by atoms with Gasteiger partial charge in [-0.15, -0.1) is 0 Å². The molecular formula is C8H6BrFO3. The second-order valence-corrected chi connectivity index (χ2v) is 3.22. The first-order valence-electron chi connectivity index (χ1n) is 3.38. The van der Waals surface area contributed by atoms with Crippen molar-refractivity contribution in [3.63, 3.8) is 0 Å². The van der Waals surface area contributed by atoms with Gasteiger partial charge < -0.3 is 10.2 Å². The zero-order valence-electron chi connectivity index (χ0n) is 6.37. The van der Waals surface area contributed by atoms with Gasteiger partial charge in [0.15, 0.2) is 0 Å². The van der Waals surface area contributed by atoms with E-state index in [0.29, 0.717) is 0 Å². The molecule has 0 heterocycles. The predicted molar refractivity (Wildman–Crippen MR) is 46.7 cm³/mol. The quantitative estimate of drug-likeness (QED) is 0.609. The molecule has 1 rings (SSSR count). The highest BCUT2D eigenvalue weighted by Crippen LogP contribution is 2.16. The fraction of sp³-hybridized carbons (Fsp3) is 0.125. The molecule has 0 amide bonds. The van der Waals surface area contributed by atoms with E-state index in [1.165, 1.54) is 12.1 Å². The lowest BCUT2D eigenvalue weighted by Crippen LogP contribution is -2.19. The van der Waals surface area contributed by atoms with Crippen LogP contribution in [0.2, 0.25) is 0 Å². The number of carbonyl (C=O) groups is 1. The topological polar surface area (TPSA) is 57.5 Å². The van der Waals surface area contributed by atoms with Gasteiger partial charge in [0.2, 0.25) is 12.1 Å². The molecule has 13 heavy (non-hydrogen) atoms. The zero-order chi connectivity index (χ0) is 10.0. The highest BCUT2D eigenvalue weighted by Gasteiger charge is 2.14. The molecular weight excluding hydrogens is 243 g/mol. The molecule has 70 valence electrons. The van der Waals surface area contributed by atoms with Gasteiger partial charge in [-0.25, -0.2) is 4.39 Å². The van der Waals surface area contributed by atoms with Gasteiger partial charge in [0.05, 0.1) is 4.47 Å². The van der Waals surface area contributed by atoms with Crippen LogP contribution in [0.25, 0.3) is 0 Å². The smallest absolute Gasteiger partial charge is 0.218 e. The molecule has 0 fully saturated rings. The van der Waals surface area contributed by atoms with Crippen molar-refractivity contribution in [2.45, 2.75) is 6.29 Å². The Labute approximate surface area is 81.9 Å². The molecule has 0 aliphatic rings. The molecule has 0 radical (unpaired) electrons. The Hall–Kier alpha value is -0.780. The standard InChI is InChI=1S/C8H6BrFO3/c9-5-2-1-4(3-6(5)10)7(11)8(12)13/h1-3,8,12-13H. The maximum atomic E-state index is 12.8. The highest BCUT2D eigenvalue weighted by molar-refractivity contribution is 9.10. The average Bonchev–Trinajstić information content (AvgIpc) is 2.08. The summed E-state index contributed by atoms with van der Waals surface area (Å²) in [6, 6.07) is 3.56. The Morgan fingerprint density at radius 3 is 2.54 bits per heavy atom. The SMILES string of the molecule is O=C(c1ccc(Br)c(F)c1)C(O)O. The Bertz CT molecular complexity index is 338. The van der Waals surface area contributed by atoms with Gasteiger partial charge in [0, 0.05) is 5.56 Å². The van der Waals surface area contributed by atoms with Gasteiger partial charge in [-0.2, -0.15) is 0 Å². The number of carbonyl (C=O) groups excluding carboxylic acids is 1. The Balaban J connectivity index is 3.04. The monoisotopic (exact) mass is 248 g/mol. The van der Waals surface area contributed by atoms with Crippen LogP contribution in [0.3, 0.4) is 0 Å². The summed E-state index contributed by atoms with van der Waals surface area (Å²) >= 11 is 2.90. The van der Waals surface area contributed by atoms with Gasteiger partial charge >= 0.3 is 0 Å². The minimum atomic E-state index is -2.10. The number of aliphatic hydroxyl groups excluding tert-OH is 1. The van der Waals surface area contributed by atoms with E-state index in [9.17, 15) is 9.18 Å². The Morgan fingerprint density at radius 2 is 2.08 bits per heavy atom. The van der Waals surface area contributed by atoms with E-state index in [1.54, 1.807) is 0 Å². The summed E-state index contributed by atoms with van der Waals surface area (Å²) in [6.07, 6.45) is -2.10. The maximum Gasteiger partial charge on any atom is 0.218 e. The molecule has 0 atom stereocenters. The van der Waals surface area contributed by atoms with E-state index in [4.69, 9.17) is 10.2 Å². The summed E-state index contributed by atoms with van der Waals surface area (Å²) in [5, 5.41) is 17.0. The van der Waals surface area contributed by atoms with Crippen molar-refractivity contribution in [3.8, 4) is 0 Å². The van der Waals surface area contributed by atoms with Crippen molar-refractivity contribution in [3.05, 3.63) is 34.1 Å². The van der Waals surface area contributed by atoms with Crippen molar-refractivity contribution >= 4 is 21.7 Å². The lowest BCUT2D eigenvalue weighted by molar-refractivity contribution is -0.0195. The van der Waals surface area contributed by atoms with E-state index in [2.05, 4.69) is 15.9 Å². The molecule has 2 N–H and O–H groups in total. The molecule has 0 saturated carbocycles. The molecule has 3 nitrogen and oxygen atoms in total. The number of halogens is 2. The maximum absolute atomic E-state index is 12.8. The van der Waals surface area contributed by atoms with Crippen LogP contribution in [-0.4, -0.2) is 22.3 Å². The van der Waals surface area contributed by atoms with Crippen LogP contribution < -0.4 is 0 Å². The second kappa shape index (κ2) is 3.95. The van der Waals surface area contributed by atoms with Crippen molar-refractivity contribution in [2.24, 2.45) is 0 Å². The number of aliphatic hydroxyl groups is 2.